The Bertz CT molecular complexity index is 1170. The molecule has 0 spiro atoms. The highest BCUT2D eigenvalue weighted by Gasteiger charge is 2.29. The van der Waals surface area contributed by atoms with Gasteiger partial charge in [0.2, 0.25) is 10.0 Å². The van der Waals surface area contributed by atoms with Crippen LogP contribution in [0.25, 0.3) is 11.0 Å². The summed E-state index contributed by atoms with van der Waals surface area (Å²) < 4.78 is 28.8. The molecule has 1 aliphatic heterocycles. The highest BCUT2D eigenvalue weighted by atomic mass is 32.2. The monoisotopic (exact) mass is 429 g/mol. The van der Waals surface area contributed by atoms with E-state index >= 15 is 0 Å². The lowest BCUT2D eigenvalue weighted by molar-refractivity contribution is -0.384. The van der Waals surface area contributed by atoms with Gasteiger partial charge in [-0.3, -0.25) is 10.1 Å². The molecule has 0 unspecified atom stereocenters. The second kappa shape index (κ2) is 8.41. The molecule has 0 aliphatic carbocycles. The third kappa shape index (κ3) is 4.01. The summed E-state index contributed by atoms with van der Waals surface area (Å²) in [6, 6.07) is 11.9. The van der Waals surface area contributed by atoms with E-state index in [-0.39, 0.29) is 10.6 Å². The number of anilines is 1. The van der Waals surface area contributed by atoms with Crippen LogP contribution < -0.4 is 5.32 Å². The Kier molecular flexibility index (Phi) is 5.69. The summed E-state index contributed by atoms with van der Waals surface area (Å²) >= 11 is 0. The summed E-state index contributed by atoms with van der Waals surface area (Å²) in [5.41, 5.74) is 2.05. The zero-order chi connectivity index (χ0) is 21.1. The molecule has 0 radical (unpaired) electrons. The van der Waals surface area contributed by atoms with Crippen LogP contribution in [-0.2, 0) is 16.6 Å². The number of nitro benzene ring substituents is 1. The number of sulfonamides is 1. The highest BCUT2D eigenvalue weighted by Crippen LogP contribution is 2.30. The number of hydrogen-bond donors (Lipinski definition) is 1. The van der Waals surface area contributed by atoms with Crippen molar-refractivity contribution in [3.63, 3.8) is 0 Å². The molecule has 2 aromatic carbocycles. The van der Waals surface area contributed by atoms with Crippen LogP contribution in [0.3, 0.4) is 0 Å². The number of nitro groups is 1. The van der Waals surface area contributed by atoms with Gasteiger partial charge in [-0.25, -0.2) is 13.4 Å². The average Bonchev–Trinajstić information content (AvgIpc) is 3.42. The van der Waals surface area contributed by atoms with Gasteiger partial charge in [0.15, 0.2) is 0 Å². The topological polar surface area (TPSA) is 110 Å². The number of hydrogen-bond acceptors (Lipinski definition) is 6. The molecule has 0 saturated carbocycles. The summed E-state index contributed by atoms with van der Waals surface area (Å²) in [5.74, 6) is 0. The molecule has 0 amide bonds. The Morgan fingerprint density at radius 2 is 1.90 bits per heavy atom. The molecule has 30 heavy (non-hydrogen) atoms. The van der Waals surface area contributed by atoms with E-state index in [1.807, 2.05) is 28.8 Å². The van der Waals surface area contributed by atoms with Gasteiger partial charge in [-0.2, -0.15) is 4.31 Å². The van der Waals surface area contributed by atoms with E-state index in [1.165, 1.54) is 16.4 Å². The smallest absolute Gasteiger partial charge is 0.293 e. The second-order valence-corrected chi connectivity index (χ2v) is 9.19. The van der Waals surface area contributed by atoms with Crippen molar-refractivity contribution in [3.05, 3.63) is 58.9 Å². The Morgan fingerprint density at radius 3 is 2.67 bits per heavy atom. The molecule has 1 aliphatic rings. The number of fused-ring (bicyclic) bond motifs is 1. The fourth-order valence-electron chi connectivity index (χ4n) is 3.71. The van der Waals surface area contributed by atoms with Crippen molar-refractivity contribution in [1.29, 1.82) is 0 Å². The molecule has 2 heterocycles. The van der Waals surface area contributed by atoms with Crippen LogP contribution in [0.1, 0.15) is 19.3 Å². The van der Waals surface area contributed by atoms with E-state index in [4.69, 9.17) is 0 Å². The zero-order valence-corrected chi connectivity index (χ0v) is 17.2. The lowest BCUT2D eigenvalue weighted by Gasteiger charge is -2.16. The summed E-state index contributed by atoms with van der Waals surface area (Å²) in [4.78, 5) is 15.3. The molecule has 158 valence electrons. The first-order valence-corrected chi connectivity index (χ1v) is 11.3. The maximum Gasteiger partial charge on any atom is 0.293 e. The summed E-state index contributed by atoms with van der Waals surface area (Å²) in [6.07, 6.45) is 4.14. The molecule has 0 bridgehead atoms. The fraction of sp³-hybridized carbons (Fsp3) is 0.350. The molecule has 0 atom stereocenters. The standard InChI is InChI=1S/C20H23N5O4S/c26-25(27)20-14-16(30(28,29)24-12-3-4-13-24)8-9-18(20)21-10-5-11-23-15-22-17-6-1-2-7-19(17)23/h1-2,6-9,14-15,21H,3-5,10-13H2. The lowest BCUT2D eigenvalue weighted by Crippen LogP contribution is -2.27. The van der Waals surface area contributed by atoms with Gasteiger partial charge >= 0.3 is 0 Å². The lowest BCUT2D eigenvalue weighted by atomic mass is 10.2. The first kappa shape index (κ1) is 20.3. The van der Waals surface area contributed by atoms with Crippen molar-refractivity contribution in [3.8, 4) is 0 Å². The Hall–Kier alpha value is -2.98. The van der Waals surface area contributed by atoms with Gasteiger partial charge in [-0.05, 0) is 43.5 Å². The molecule has 1 N–H and O–H groups in total. The largest absolute Gasteiger partial charge is 0.379 e. The first-order valence-electron chi connectivity index (χ1n) is 9.89. The third-order valence-electron chi connectivity index (χ3n) is 5.29. The highest BCUT2D eigenvalue weighted by molar-refractivity contribution is 7.89. The maximum absolute atomic E-state index is 12.7. The Balaban J connectivity index is 1.44. The van der Waals surface area contributed by atoms with Crippen LogP contribution in [0.15, 0.2) is 53.7 Å². The van der Waals surface area contributed by atoms with E-state index in [1.54, 1.807) is 6.33 Å². The number of aromatic nitrogens is 2. The predicted octanol–water partition coefficient (Wildman–Crippen LogP) is 3.23. The van der Waals surface area contributed by atoms with E-state index in [2.05, 4.69) is 10.3 Å². The van der Waals surface area contributed by atoms with Gasteiger partial charge in [0.05, 0.1) is 27.2 Å². The molecular weight excluding hydrogens is 406 g/mol. The first-order chi connectivity index (χ1) is 14.5. The van der Waals surface area contributed by atoms with Gasteiger partial charge < -0.3 is 9.88 Å². The number of nitrogens with zero attached hydrogens (tertiary/aromatic N) is 4. The molecule has 3 aromatic rings. The molecule has 1 aromatic heterocycles. The summed E-state index contributed by atoms with van der Waals surface area (Å²) in [7, 11) is -3.70. The molecule has 10 heteroatoms. The van der Waals surface area contributed by atoms with Crippen molar-refractivity contribution in [2.24, 2.45) is 0 Å². The van der Waals surface area contributed by atoms with E-state index < -0.39 is 14.9 Å². The van der Waals surface area contributed by atoms with Crippen molar-refractivity contribution in [1.82, 2.24) is 13.9 Å². The number of para-hydroxylation sites is 2. The predicted molar refractivity (Wildman–Crippen MR) is 114 cm³/mol. The van der Waals surface area contributed by atoms with Gasteiger partial charge in [-0.1, -0.05) is 12.1 Å². The van der Waals surface area contributed by atoms with Crippen LogP contribution in [0.4, 0.5) is 11.4 Å². The van der Waals surface area contributed by atoms with Gasteiger partial charge in [0.1, 0.15) is 5.69 Å². The van der Waals surface area contributed by atoms with Crippen molar-refractivity contribution < 1.29 is 13.3 Å². The van der Waals surface area contributed by atoms with Crippen LogP contribution in [0.2, 0.25) is 0 Å². The van der Waals surface area contributed by atoms with E-state index in [9.17, 15) is 18.5 Å². The van der Waals surface area contributed by atoms with Gasteiger partial charge in [0.25, 0.3) is 5.69 Å². The molecule has 4 rings (SSSR count). The molecule has 1 fully saturated rings. The minimum Gasteiger partial charge on any atom is -0.379 e. The summed E-state index contributed by atoms with van der Waals surface area (Å²) in [5, 5.41) is 14.6. The SMILES string of the molecule is O=[N+]([O-])c1cc(S(=O)(=O)N2CCCC2)ccc1NCCCn1cnc2ccccc21. The Labute approximate surface area is 174 Å². The minimum atomic E-state index is -3.70. The fourth-order valence-corrected chi connectivity index (χ4v) is 5.25. The number of rotatable bonds is 8. The van der Waals surface area contributed by atoms with Crippen LogP contribution in [0.5, 0.6) is 0 Å². The van der Waals surface area contributed by atoms with Crippen molar-refractivity contribution >= 4 is 32.4 Å². The van der Waals surface area contributed by atoms with Crippen molar-refractivity contribution in [2.75, 3.05) is 25.0 Å². The quantitative estimate of drug-likeness (QED) is 0.334. The van der Waals surface area contributed by atoms with Gasteiger partial charge in [0, 0.05) is 32.2 Å². The normalized spacial score (nSPS) is 14.9. The van der Waals surface area contributed by atoms with Gasteiger partial charge in [-0.15, -0.1) is 0 Å². The molecule has 1 saturated heterocycles. The number of benzene rings is 2. The molecule has 9 nitrogen and oxygen atoms in total. The molecular formula is C20H23N5O4S. The number of nitrogens with one attached hydrogen (secondary N) is 1. The average molecular weight is 430 g/mol. The minimum absolute atomic E-state index is 0.0356. The second-order valence-electron chi connectivity index (χ2n) is 7.25. The summed E-state index contributed by atoms with van der Waals surface area (Å²) in [6.45, 7) is 2.13. The van der Waals surface area contributed by atoms with E-state index in [0.717, 1.165) is 36.4 Å². The van der Waals surface area contributed by atoms with E-state index in [0.29, 0.717) is 31.9 Å². The third-order valence-corrected chi connectivity index (χ3v) is 7.18. The van der Waals surface area contributed by atoms with Crippen LogP contribution in [0, 0.1) is 10.1 Å². The van der Waals surface area contributed by atoms with Crippen molar-refractivity contribution in [2.45, 2.75) is 30.7 Å². The van der Waals surface area contributed by atoms with Crippen LogP contribution >= 0.6 is 0 Å². The maximum atomic E-state index is 12.7. The Morgan fingerprint density at radius 1 is 1.13 bits per heavy atom. The number of aryl methyl sites for hydroxylation is 1. The zero-order valence-electron chi connectivity index (χ0n) is 16.4. The van der Waals surface area contributed by atoms with Crippen LogP contribution in [-0.4, -0.2) is 46.8 Å². The number of imidazole rings is 1.